The van der Waals surface area contributed by atoms with Crippen LogP contribution >= 0.6 is 0 Å². The lowest BCUT2D eigenvalue weighted by molar-refractivity contribution is -0.613. The fourth-order valence-corrected chi connectivity index (χ4v) is 0.696. The van der Waals surface area contributed by atoms with E-state index in [1.165, 1.54) is 5.43 Å². The average Bonchev–Trinajstić information content (AvgIpc) is 2.49. The summed E-state index contributed by atoms with van der Waals surface area (Å²) in [6.07, 6.45) is 0. The number of guanidine groups is 2. The molecule has 1 aliphatic heterocycles. The van der Waals surface area contributed by atoms with E-state index in [1.54, 1.807) is 0 Å². The summed E-state index contributed by atoms with van der Waals surface area (Å²) >= 11 is 0. The molecule has 2 N–H and O–H groups in total. The van der Waals surface area contributed by atoms with Crippen LogP contribution in [0.2, 0.25) is 0 Å². The van der Waals surface area contributed by atoms with Gasteiger partial charge >= 0.3 is 18.0 Å². The summed E-state index contributed by atoms with van der Waals surface area (Å²) in [5.74, 6) is -2.07. The molecule has 0 aromatic rings. The number of carbonyl (C=O) groups excluding carboxylic acids is 1. The number of amides is 2. The Bertz CT molecular complexity index is 437. The maximum atomic E-state index is 10.5. The minimum Gasteiger partial charge on any atom is -0.259 e. The van der Waals surface area contributed by atoms with Crippen LogP contribution in [0.1, 0.15) is 0 Å². The van der Waals surface area contributed by atoms with Crippen molar-refractivity contribution in [1.29, 1.82) is 5.41 Å². The molecule has 0 saturated heterocycles. The molecule has 13 heteroatoms. The first-order valence-electron chi connectivity index (χ1n) is 3.40. The highest BCUT2D eigenvalue weighted by molar-refractivity contribution is 6.03. The van der Waals surface area contributed by atoms with Gasteiger partial charge in [0.1, 0.15) is 0 Å². The van der Waals surface area contributed by atoms with Crippen LogP contribution in [0.3, 0.4) is 0 Å². The topological polar surface area (TPSA) is 180 Å². The van der Waals surface area contributed by atoms with Gasteiger partial charge in [-0.3, -0.25) is 5.41 Å². The van der Waals surface area contributed by atoms with Crippen molar-refractivity contribution in [2.75, 3.05) is 0 Å². The summed E-state index contributed by atoms with van der Waals surface area (Å²) in [5, 5.41) is 30.6. The number of nitrogens with zero attached hydrogens (tertiary/aromatic N) is 6. The van der Waals surface area contributed by atoms with Crippen molar-refractivity contribution in [3.05, 3.63) is 20.2 Å². The Labute approximate surface area is 85.2 Å². The summed E-state index contributed by atoms with van der Waals surface area (Å²) in [6, 6.07) is -1.10. The second-order valence-corrected chi connectivity index (χ2v) is 2.16. The summed E-state index contributed by atoms with van der Waals surface area (Å²) in [4.78, 5) is 33.9. The van der Waals surface area contributed by atoms with E-state index in [4.69, 9.17) is 5.41 Å². The normalized spacial score (nSPS) is 13.2. The number of hydrogen-bond acceptors (Lipinski definition) is 7. The van der Waals surface area contributed by atoms with Crippen molar-refractivity contribution in [2.45, 2.75) is 0 Å². The van der Waals surface area contributed by atoms with Crippen molar-refractivity contribution in [3.8, 4) is 0 Å². The molecule has 16 heavy (non-hydrogen) atoms. The summed E-state index contributed by atoms with van der Waals surface area (Å²) in [7, 11) is 0. The number of nitrogens with one attached hydrogen (secondary N) is 2. The first kappa shape index (κ1) is 11.1. The molecule has 0 aromatic heterocycles. The van der Waals surface area contributed by atoms with Crippen molar-refractivity contribution in [1.82, 2.24) is 10.4 Å². The highest BCUT2D eigenvalue weighted by Gasteiger charge is 2.34. The summed E-state index contributed by atoms with van der Waals surface area (Å²) < 4.78 is 0. The quantitative estimate of drug-likeness (QED) is 0.267. The molecule has 0 atom stereocenters. The van der Waals surface area contributed by atoms with Crippen molar-refractivity contribution in [2.24, 2.45) is 15.2 Å². The van der Waals surface area contributed by atoms with Crippen LogP contribution in [0, 0.1) is 25.6 Å². The lowest BCUT2D eigenvalue weighted by atomic mass is 10.8. The SMILES string of the molecule is N=C(N[N+](=O)[O-])N(C1=NC(=O)N=N1)[N+](=O)[O-]. The number of hydrogen-bond donors (Lipinski definition) is 2. The van der Waals surface area contributed by atoms with Crippen LogP contribution in [-0.4, -0.2) is 33.0 Å². The molecule has 0 fully saturated rings. The van der Waals surface area contributed by atoms with Crippen LogP contribution in [0.15, 0.2) is 15.2 Å². The number of rotatable bonds is 2. The molecule has 13 nitrogen and oxygen atoms in total. The highest BCUT2D eigenvalue weighted by atomic mass is 16.7. The average molecular weight is 230 g/mol. The van der Waals surface area contributed by atoms with Crippen molar-refractivity contribution in [3.63, 3.8) is 0 Å². The number of hydrazine groups is 2. The Kier molecular flexibility index (Phi) is 2.79. The van der Waals surface area contributed by atoms with E-state index in [0.717, 1.165) is 0 Å². The second-order valence-electron chi connectivity index (χ2n) is 2.16. The van der Waals surface area contributed by atoms with Gasteiger partial charge in [-0.1, -0.05) is 15.7 Å². The van der Waals surface area contributed by atoms with Crippen molar-refractivity contribution >= 4 is 18.0 Å². The van der Waals surface area contributed by atoms with Gasteiger partial charge in [-0.05, 0) is 0 Å². The van der Waals surface area contributed by atoms with E-state index in [0.29, 0.717) is 0 Å². The molecular formula is C3H2N8O5. The lowest BCUT2D eigenvalue weighted by Gasteiger charge is -2.07. The second kappa shape index (κ2) is 4.03. The Hall–Kier alpha value is -2.99. The highest BCUT2D eigenvalue weighted by Crippen LogP contribution is 2.04. The van der Waals surface area contributed by atoms with Gasteiger partial charge in [0.05, 0.1) is 0 Å². The number of aliphatic imine (C=N–C) groups is 1. The third-order valence-electron chi connectivity index (χ3n) is 1.18. The first-order chi connectivity index (χ1) is 7.41. The molecule has 1 aliphatic rings. The van der Waals surface area contributed by atoms with Crippen LogP contribution in [0.4, 0.5) is 4.79 Å². The van der Waals surface area contributed by atoms with Gasteiger partial charge in [0.25, 0.3) is 0 Å². The molecule has 0 aliphatic carbocycles. The van der Waals surface area contributed by atoms with E-state index >= 15 is 0 Å². The smallest absolute Gasteiger partial charge is 0.259 e. The molecule has 0 radical (unpaired) electrons. The Morgan fingerprint density at radius 3 is 2.38 bits per heavy atom. The number of azo groups is 1. The maximum absolute atomic E-state index is 10.5. The van der Waals surface area contributed by atoms with E-state index < -0.39 is 28.0 Å². The first-order valence-corrected chi connectivity index (χ1v) is 3.40. The van der Waals surface area contributed by atoms with Gasteiger partial charge in [0, 0.05) is 5.01 Å². The molecule has 2 amide bonds. The van der Waals surface area contributed by atoms with Gasteiger partial charge in [-0.25, -0.2) is 25.0 Å². The standard InChI is InChI=1S/C3H2N8O5/c4-1(8-10(13)14)9(11(15)16)2-5-3(12)7-6-2/h(H2,4,8). The van der Waals surface area contributed by atoms with E-state index in [-0.39, 0.29) is 5.01 Å². The van der Waals surface area contributed by atoms with Gasteiger partial charge in [-0.15, -0.1) is 4.99 Å². The molecule has 0 saturated carbocycles. The molecule has 0 bridgehead atoms. The number of carbonyl (C=O) groups is 1. The lowest BCUT2D eigenvalue weighted by Crippen LogP contribution is -2.48. The Morgan fingerprint density at radius 2 is 2.00 bits per heavy atom. The van der Waals surface area contributed by atoms with Gasteiger partial charge in [0.2, 0.25) is 0 Å². The zero-order valence-corrected chi connectivity index (χ0v) is 7.22. The molecule has 84 valence electrons. The van der Waals surface area contributed by atoms with Gasteiger partial charge < -0.3 is 0 Å². The largest absolute Gasteiger partial charge is 0.389 e. The fourth-order valence-electron chi connectivity index (χ4n) is 0.696. The zero-order chi connectivity index (χ0) is 12.3. The predicted molar refractivity (Wildman–Crippen MR) is 44.4 cm³/mol. The van der Waals surface area contributed by atoms with Gasteiger partial charge in [-0.2, -0.15) is 0 Å². The van der Waals surface area contributed by atoms with Crippen LogP contribution in [-0.2, 0) is 0 Å². The Balaban J connectivity index is 2.93. The fraction of sp³-hybridized carbons (Fsp3) is 0. The monoisotopic (exact) mass is 230 g/mol. The molecular weight excluding hydrogens is 228 g/mol. The minimum absolute atomic E-state index is 0.197. The predicted octanol–water partition coefficient (Wildman–Crippen LogP) is -0.862. The molecule has 0 spiro atoms. The molecule has 0 unspecified atom stereocenters. The molecule has 1 heterocycles. The van der Waals surface area contributed by atoms with Gasteiger partial charge in [0.15, 0.2) is 10.1 Å². The third-order valence-corrected chi connectivity index (χ3v) is 1.18. The molecule has 1 rings (SSSR count). The van der Waals surface area contributed by atoms with E-state index in [2.05, 4.69) is 15.2 Å². The summed E-state index contributed by atoms with van der Waals surface area (Å²) in [6.45, 7) is 0. The zero-order valence-electron chi connectivity index (χ0n) is 7.22. The van der Waals surface area contributed by atoms with E-state index in [1.807, 2.05) is 0 Å². The minimum atomic E-state index is -1.23. The van der Waals surface area contributed by atoms with E-state index in [9.17, 15) is 25.0 Å². The van der Waals surface area contributed by atoms with Crippen LogP contribution < -0.4 is 5.43 Å². The van der Waals surface area contributed by atoms with Crippen LogP contribution in [0.5, 0.6) is 0 Å². The number of urea groups is 1. The third kappa shape index (κ3) is 2.28. The van der Waals surface area contributed by atoms with Crippen molar-refractivity contribution < 1.29 is 14.9 Å². The van der Waals surface area contributed by atoms with Crippen LogP contribution in [0.25, 0.3) is 0 Å². The number of nitro groups is 2. The summed E-state index contributed by atoms with van der Waals surface area (Å²) in [5.41, 5.74) is 1.21. The maximum Gasteiger partial charge on any atom is 0.389 e. The molecule has 0 aromatic carbocycles. The Morgan fingerprint density at radius 1 is 1.38 bits per heavy atom.